The van der Waals surface area contributed by atoms with Crippen LogP contribution in [0.3, 0.4) is 0 Å². The molecule has 2 unspecified atom stereocenters. The molecule has 272 valence electrons. The van der Waals surface area contributed by atoms with Crippen molar-refractivity contribution in [3.05, 3.63) is 0 Å². The van der Waals surface area contributed by atoms with E-state index in [0.717, 1.165) is 0 Å². The summed E-state index contributed by atoms with van der Waals surface area (Å²) < 4.78 is 372. The summed E-state index contributed by atoms with van der Waals surface area (Å²) >= 11 is 0. The van der Waals surface area contributed by atoms with Gasteiger partial charge in [-0.05, 0) is 0 Å². The first kappa shape index (κ1) is 38.5. The van der Waals surface area contributed by atoms with Crippen molar-refractivity contribution in [3.63, 3.8) is 0 Å². The highest BCUT2D eigenvalue weighted by Crippen LogP contribution is 2.89. The van der Waals surface area contributed by atoms with Gasteiger partial charge in [-0.1, -0.05) is 0 Å². The summed E-state index contributed by atoms with van der Waals surface area (Å²) in [4.78, 5) is 0. The largest absolute Gasteiger partial charge is 0.457 e. The highest BCUT2D eigenvalue weighted by Gasteiger charge is 3.24. The minimum atomic E-state index is -9.46. The summed E-state index contributed by atoms with van der Waals surface area (Å²) in [5.41, 5.74) is -36.6. The molecule has 46 heavy (non-hydrogen) atoms. The highest BCUT2D eigenvalue weighted by molar-refractivity contribution is 5.55. The van der Waals surface area contributed by atoms with Crippen LogP contribution in [0.25, 0.3) is 0 Å². The third-order valence-corrected chi connectivity index (χ3v) is 7.33. The first-order chi connectivity index (χ1) is 19.4. The lowest BCUT2D eigenvalue weighted by Crippen LogP contribution is -3.11. The van der Waals surface area contributed by atoms with E-state index < -0.39 is 94.4 Å². The zero-order valence-corrected chi connectivity index (χ0v) is 19.5. The predicted octanol–water partition coefficient (Wildman–Crippen LogP) is 6.39. The average molecular weight is 752 g/mol. The van der Waals surface area contributed by atoms with Crippen LogP contribution in [0.4, 0.5) is 114 Å². The molecule has 0 saturated heterocycles. The van der Waals surface area contributed by atoms with E-state index in [1.807, 2.05) is 0 Å². The average Bonchev–Trinajstić information content (AvgIpc) is 2.79. The van der Waals surface area contributed by atoms with Crippen LogP contribution in [0.15, 0.2) is 0 Å². The molecule has 0 heterocycles. The van der Waals surface area contributed by atoms with Crippen LogP contribution in [-0.4, -0.2) is 105 Å². The summed E-state index contributed by atoms with van der Waals surface area (Å²) in [6.45, 7) is 0. The van der Waals surface area contributed by atoms with Gasteiger partial charge in [-0.2, -0.15) is 105 Å². The number of alkyl halides is 26. The molecule has 4 aliphatic rings. The second-order valence-electron chi connectivity index (χ2n) is 9.60. The quantitative estimate of drug-likeness (QED) is 0.309. The lowest BCUT2D eigenvalue weighted by atomic mass is 9.39. The molecular weight excluding hydrogens is 750 g/mol. The van der Waals surface area contributed by atoms with E-state index in [4.69, 9.17) is 10.2 Å². The molecule has 4 bridgehead atoms. The Labute approximate surface area is 229 Å². The Kier molecular flexibility index (Phi) is 6.89. The van der Waals surface area contributed by atoms with Crippen LogP contribution in [-0.2, 0) is 9.47 Å². The topological polar surface area (TPSA) is 58.9 Å². The van der Waals surface area contributed by atoms with Gasteiger partial charge >= 0.3 is 83.2 Å². The van der Waals surface area contributed by atoms with E-state index >= 15 is 17.6 Å². The summed E-state index contributed by atoms with van der Waals surface area (Å²) in [6.07, 6.45) is -33.4. The minimum Gasteiger partial charge on any atom is -0.348 e. The van der Waals surface area contributed by atoms with Crippen LogP contribution >= 0.6 is 0 Å². The Bertz CT molecular complexity index is 1160. The summed E-state index contributed by atoms with van der Waals surface area (Å²) in [6, 6.07) is 0. The first-order valence-electron chi connectivity index (χ1n) is 10.2. The Balaban J connectivity index is 2.73. The zero-order valence-electron chi connectivity index (χ0n) is 19.5. The molecule has 4 aliphatic carbocycles. The predicted molar refractivity (Wildman–Crippen MR) is 79.1 cm³/mol. The molecule has 4 nitrogen and oxygen atoms in total. The van der Waals surface area contributed by atoms with Gasteiger partial charge in [0.2, 0.25) is 0 Å². The van der Waals surface area contributed by atoms with Crippen LogP contribution in [0.1, 0.15) is 0 Å². The van der Waals surface area contributed by atoms with Crippen LogP contribution < -0.4 is 0 Å². The van der Waals surface area contributed by atoms with E-state index in [-0.39, 0.29) is 0 Å². The van der Waals surface area contributed by atoms with E-state index in [1.54, 1.807) is 0 Å². The van der Waals surface area contributed by atoms with Gasteiger partial charge < -0.3 is 10.2 Å². The van der Waals surface area contributed by atoms with Gasteiger partial charge in [-0.15, -0.1) is 0 Å². The fourth-order valence-electron chi connectivity index (χ4n) is 5.06. The van der Waals surface area contributed by atoms with Gasteiger partial charge in [-0.3, -0.25) is 9.47 Å². The Morgan fingerprint density at radius 1 is 0.326 bits per heavy atom. The second kappa shape index (κ2) is 8.24. The molecule has 4 rings (SSSR count). The maximum Gasteiger partial charge on any atom is 0.457 e. The van der Waals surface area contributed by atoms with Gasteiger partial charge in [0.1, 0.15) is 0 Å². The molecule has 0 aromatic heterocycles. The molecule has 4 fully saturated rings. The fourth-order valence-corrected chi connectivity index (χ4v) is 5.06. The molecule has 0 amide bonds. The number of halogens is 26. The molecule has 0 aliphatic heterocycles. The number of ether oxygens (including phenoxy) is 2. The maximum atomic E-state index is 15.4. The van der Waals surface area contributed by atoms with Gasteiger partial charge in [-0.25, -0.2) is 8.78 Å². The highest BCUT2D eigenvalue weighted by atomic mass is 19.4. The standard InChI is InChI=1S/C16H2F26O4/c17-1-5(19,20)2(18)8(25,26)3(6(1,21)22,45-15(39,40)11(31,43)13(33,34)35)10(29,30)4(7(1,23)24,9(2,27)28)46-16(41,42)12(32,44)14(36,37)38/h43-44H. The molecule has 30 heteroatoms. The van der Waals surface area contributed by atoms with Gasteiger partial charge in [0.25, 0.3) is 11.2 Å². The van der Waals surface area contributed by atoms with Crippen molar-refractivity contribution in [2.24, 2.45) is 0 Å². The maximum absolute atomic E-state index is 15.4. The van der Waals surface area contributed by atoms with E-state index in [0.29, 0.717) is 0 Å². The Morgan fingerprint density at radius 3 is 0.696 bits per heavy atom. The molecule has 0 aromatic rings. The second-order valence-corrected chi connectivity index (χ2v) is 9.60. The van der Waals surface area contributed by atoms with Crippen molar-refractivity contribution in [3.8, 4) is 0 Å². The van der Waals surface area contributed by atoms with Crippen molar-refractivity contribution >= 4 is 0 Å². The lowest BCUT2D eigenvalue weighted by Gasteiger charge is -2.76. The van der Waals surface area contributed by atoms with Crippen molar-refractivity contribution in [1.29, 1.82) is 0 Å². The summed E-state index contributed by atoms with van der Waals surface area (Å²) in [5.74, 6) is -71.6. The normalized spacial score (nSPS) is 39.9. The molecule has 0 radical (unpaired) electrons. The van der Waals surface area contributed by atoms with Gasteiger partial charge in [0.15, 0.2) is 0 Å². The molecule has 2 atom stereocenters. The van der Waals surface area contributed by atoms with E-state index in [2.05, 4.69) is 0 Å². The summed E-state index contributed by atoms with van der Waals surface area (Å²) in [7, 11) is 0. The SMILES string of the molecule is OC(F)(C(F)(F)F)C(F)(F)OC12C(F)(F)C3(F)C(F)(F)C(F)(C1(F)F)C(F)(F)C(OC(F)(F)C(O)(F)C(F)(F)F)(C3(F)F)C2(F)F. The van der Waals surface area contributed by atoms with Crippen molar-refractivity contribution in [1.82, 2.24) is 0 Å². The Hall–Kier alpha value is -1.98. The van der Waals surface area contributed by atoms with Crippen LogP contribution in [0.2, 0.25) is 0 Å². The van der Waals surface area contributed by atoms with Crippen molar-refractivity contribution in [2.75, 3.05) is 0 Å². The van der Waals surface area contributed by atoms with Crippen LogP contribution in [0, 0.1) is 0 Å². The smallest absolute Gasteiger partial charge is 0.348 e. The third kappa shape index (κ3) is 2.98. The number of hydrogen-bond acceptors (Lipinski definition) is 4. The molecular formula is C16H2F26O4. The number of aliphatic hydroxyl groups is 2. The number of hydrogen-bond donors (Lipinski definition) is 2. The monoisotopic (exact) mass is 752 g/mol. The Morgan fingerprint density at radius 2 is 0.522 bits per heavy atom. The molecule has 0 aromatic carbocycles. The lowest BCUT2D eigenvalue weighted by molar-refractivity contribution is -0.659. The fraction of sp³-hybridized carbons (Fsp3) is 1.00. The third-order valence-electron chi connectivity index (χ3n) is 7.33. The van der Waals surface area contributed by atoms with E-state index in [1.165, 1.54) is 9.47 Å². The molecule has 4 saturated carbocycles. The minimum absolute atomic E-state index is 1.37. The summed E-state index contributed by atoms with van der Waals surface area (Å²) in [5, 5.41) is 16.6. The number of rotatable bonds is 6. The van der Waals surface area contributed by atoms with Gasteiger partial charge in [0.05, 0.1) is 0 Å². The first-order valence-corrected chi connectivity index (χ1v) is 10.2. The van der Waals surface area contributed by atoms with Crippen molar-refractivity contribution < 1.29 is 134 Å². The molecule has 2 N–H and O–H groups in total. The van der Waals surface area contributed by atoms with Crippen molar-refractivity contribution in [2.45, 2.75) is 94.4 Å². The zero-order chi connectivity index (χ0) is 37.4. The van der Waals surface area contributed by atoms with E-state index in [9.17, 15) is 96.6 Å². The van der Waals surface area contributed by atoms with Gasteiger partial charge in [0, 0.05) is 0 Å². The van der Waals surface area contributed by atoms with Crippen LogP contribution in [0.5, 0.6) is 0 Å². The molecule has 0 spiro atoms.